The van der Waals surface area contributed by atoms with E-state index in [-0.39, 0.29) is 11.3 Å². The predicted octanol–water partition coefficient (Wildman–Crippen LogP) is 2.12. The fourth-order valence-electron chi connectivity index (χ4n) is 1.07. The Morgan fingerprint density at radius 2 is 2.00 bits per heavy atom. The normalized spacial score (nSPS) is 9.62. The zero-order valence-corrected chi connectivity index (χ0v) is 7.24. The number of hydrogen-bond donors (Lipinski definition) is 2. The van der Waals surface area contributed by atoms with E-state index in [9.17, 15) is 4.79 Å². The highest BCUT2D eigenvalue weighted by Crippen LogP contribution is 2.22. The maximum atomic E-state index is 10.7. The van der Waals surface area contributed by atoms with Crippen molar-refractivity contribution in [1.29, 1.82) is 0 Å². The summed E-state index contributed by atoms with van der Waals surface area (Å²) in [5.74, 6) is -0.971. The van der Waals surface area contributed by atoms with Gasteiger partial charge in [-0.15, -0.1) is 0 Å². The summed E-state index contributed by atoms with van der Waals surface area (Å²) < 4.78 is 0. The van der Waals surface area contributed by atoms with Crippen LogP contribution in [0.1, 0.15) is 22.8 Å². The van der Waals surface area contributed by atoms with Crippen LogP contribution in [-0.2, 0) is 0 Å². The Balaban J connectivity index is 3.35. The first-order valence-electron chi connectivity index (χ1n) is 3.74. The minimum Gasteiger partial charge on any atom is -0.508 e. The van der Waals surface area contributed by atoms with E-state index in [0.717, 1.165) is 0 Å². The van der Waals surface area contributed by atoms with Crippen LogP contribution >= 0.6 is 0 Å². The Morgan fingerprint density at radius 1 is 1.38 bits per heavy atom. The van der Waals surface area contributed by atoms with Crippen LogP contribution in [-0.4, -0.2) is 16.2 Å². The zero-order chi connectivity index (χ0) is 10.0. The second kappa shape index (κ2) is 3.31. The van der Waals surface area contributed by atoms with Gasteiger partial charge in [0.2, 0.25) is 0 Å². The molecule has 1 rings (SSSR count). The van der Waals surface area contributed by atoms with E-state index in [2.05, 4.69) is 6.58 Å². The molecule has 68 valence electrons. The molecule has 1 aromatic rings. The highest BCUT2D eigenvalue weighted by atomic mass is 16.4. The van der Waals surface area contributed by atoms with Crippen molar-refractivity contribution in [2.45, 2.75) is 6.92 Å². The number of aromatic hydroxyl groups is 1. The van der Waals surface area contributed by atoms with Gasteiger partial charge in [-0.05, 0) is 30.7 Å². The molecule has 13 heavy (non-hydrogen) atoms. The van der Waals surface area contributed by atoms with Crippen molar-refractivity contribution in [2.24, 2.45) is 0 Å². The second-order valence-corrected chi connectivity index (χ2v) is 2.82. The predicted molar refractivity (Wildman–Crippen MR) is 49.8 cm³/mol. The molecule has 0 bridgehead atoms. The van der Waals surface area contributed by atoms with Gasteiger partial charge in [0.1, 0.15) is 5.75 Å². The lowest BCUT2D eigenvalue weighted by atomic mass is 10.0. The summed E-state index contributed by atoms with van der Waals surface area (Å²) in [7, 11) is 0. The number of phenolic OH excluding ortho intramolecular Hbond substituents is 1. The topological polar surface area (TPSA) is 57.5 Å². The molecule has 0 aliphatic carbocycles. The van der Waals surface area contributed by atoms with E-state index in [1.54, 1.807) is 6.92 Å². The molecule has 2 N–H and O–H groups in total. The van der Waals surface area contributed by atoms with E-state index < -0.39 is 5.97 Å². The van der Waals surface area contributed by atoms with Crippen molar-refractivity contribution in [3.8, 4) is 5.75 Å². The molecule has 0 aromatic heterocycles. The number of carboxylic acid groups (broad SMARTS) is 1. The molecule has 0 saturated carbocycles. The monoisotopic (exact) mass is 178 g/mol. The number of benzene rings is 1. The largest absolute Gasteiger partial charge is 0.508 e. The first-order valence-corrected chi connectivity index (χ1v) is 3.74. The first kappa shape index (κ1) is 9.32. The summed E-state index contributed by atoms with van der Waals surface area (Å²) in [5.41, 5.74) is 1.24. The summed E-state index contributed by atoms with van der Waals surface area (Å²) in [6.07, 6.45) is 0. The minimum absolute atomic E-state index is 0.0444. The smallest absolute Gasteiger partial charge is 0.336 e. The summed E-state index contributed by atoms with van der Waals surface area (Å²) in [6.45, 7) is 5.33. The van der Waals surface area contributed by atoms with Gasteiger partial charge < -0.3 is 10.2 Å². The quantitative estimate of drug-likeness (QED) is 0.729. The average molecular weight is 178 g/mol. The van der Waals surface area contributed by atoms with Gasteiger partial charge in [0.25, 0.3) is 0 Å². The molecule has 0 amide bonds. The molecule has 0 spiro atoms. The Labute approximate surface area is 76.0 Å². The number of allylic oxidation sites excluding steroid dienone is 1. The molecule has 0 atom stereocenters. The fraction of sp³-hybridized carbons (Fsp3) is 0.100. The van der Waals surface area contributed by atoms with Gasteiger partial charge in [-0.25, -0.2) is 4.79 Å². The Morgan fingerprint density at radius 3 is 2.46 bits per heavy atom. The third kappa shape index (κ3) is 1.87. The van der Waals surface area contributed by atoms with Gasteiger partial charge in [0.15, 0.2) is 0 Å². The van der Waals surface area contributed by atoms with E-state index in [4.69, 9.17) is 10.2 Å². The van der Waals surface area contributed by atoms with Crippen molar-refractivity contribution in [2.75, 3.05) is 0 Å². The van der Waals surface area contributed by atoms with Crippen LogP contribution in [0.3, 0.4) is 0 Å². The van der Waals surface area contributed by atoms with E-state index in [0.29, 0.717) is 11.1 Å². The van der Waals surface area contributed by atoms with Crippen molar-refractivity contribution in [1.82, 2.24) is 0 Å². The van der Waals surface area contributed by atoms with Crippen LogP contribution in [0.25, 0.3) is 5.57 Å². The van der Waals surface area contributed by atoms with Gasteiger partial charge in [0, 0.05) is 0 Å². The van der Waals surface area contributed by atoms with Crippen molar-refractivity contribution in [3.05, 3.63) is 35.9 Å². The molecule has 0 saturated heterocycles. The van der Waals surface area contributed by atoms with Crippen LogP contribution in [0.2, 0.25) is 0 Å². The van der Waals surface area contributed by atoms with Crippen molar-refractivity contribution in [3.63, 3.8) is 0 Å². The van der Waals surface area contributed by atoms with E-state index in [1.807, 2.05) is 0 Å². The Kier molecular flexibility index (Phi) is 2.37. The molecule has 0 aliphatic rings. The number of phenols is 1. The summed E-state index contributed by atoms with van der Waals surface area (Å²) in [5, 5.41) is 17.9. The standard InChI is InChI=1S/C10H10O3/c1-6(2)9-5-7(11)3-4-8(9)10(12)13/h3-5,11H,1H2,2H3,(H,12,13). The summed E-state index contributed by atoms with van der Waals surface area (Å²) >= 11 is 0. The van der Waals surface area contributed by atoms with E-state index in [1.165, 1.54) is 18.2 Å². The number of hydrogen-bond acceptors (Lipinski definition) is 2. The lowest BCUT2D eigenvalue weighted by Gasteiger charge is -2.05. The Bertz CT molecular complexity index is 366. The zero-order valence-electron chi connectivity index (χ0n) is 7.24. The van der Waals surface area contributed by atoms with Gasteiger partial charge in [-0.2, -0.15) is 0 Å². The molecular formula is C10H10O3. The average Bonchev–Trinajstić information content (AvgIpc) is 2.03. The molecule has 0 heterocycles. The maximum Gasteiger partial charge on any atom is 0.336 e. The van der Waals surface area contributed by atoms with Crippen LogP contribution in [0, 0.1) is 0 Å². The summed E-state index contributed by atoms with van der Waals surface area (Å²) in [4.78, 5) is 10.7. The van der Waals surface area contributed by atoms with Gasteiger partial charge in [0.05, 0.1) is 5.56 Å². The number of aromatic carboxylic acids is 1. The molecule has 0 unspecified atom stereocenters. The lowest BCUT2D eigenvalue weighted by Crippen LogP contribution is -2.00. The van der Waals surface area contributed by atoms with Crippen LogP contribution in [0.5, 0.6) is 5.75 Å². The van der Waals surface area contributed by atoms with E-state index >= 15 is 0 Å². The summed E-state index contributed by atoms with van der Waals surface area (Å²) in [6, 6.07) is 4.10. The van der Waals surface area contributed by atoms with Crippen LogP contribution < -0.4 is 0 Å². The Hall–Kier alpha value is -1.77. The second-order valence-electron chi connectivity index (χ2n) is 2.82. The van der Waals surface area contributed by atoms with Crippen molar-refractivity contribution >= 4 is 11.5 Å². The minimum atomic E-state index is -1.02. The van der Waals surface area contributed by atoms with Crippen LogP contribution in [0.15, 0.2) is 24.8 Å². The molecule has 3 heteroatoms. The third-order valence-corrected chi connectivity index (χ3v) is 1.69. The fourth-order valence-corrected chi connectivity index (χ4v) is 1.07. The maximum absolute atomic E-state index is 10.7. The third-order valence-electron chi connectivity index (χ3n) is 1.69. The number of carboxylic acids is 1. The SMILES string of the molecule is C=C(C)c1cc(O)ccc1C(=O)O. The van der Waals surface area contributed by atoms with Gasteiger partial charge >= 0.3 is 5.97 Å². The highest BCUT2D eigenvalue weighted by Gasteiger charge is 2.10. The first-order chi connectivity index (χ1) is 6.02. The van der Waals surface area contributed by atoms with Gasteiger partial charge in [-0.1, -0.05) is 12.2 Å². The van der Waals surface area contributed by atoms with Crippen molar-refractivity contribution < 1.29 is 15.0 Å². The number of rotatable bonds is 2. The molecule has 1 aromatic carbocycles. The molecule has 3 nitrogen and oxygen atoms in total. The number of carbonyl (C=O) groups is 1. The highest BCUT2D eigenvalue weighted by molar-refractivity contribution is 5.94. The molecule has 0 radical (unpaired) electrons. The molecule has 0 aliphatic heterocycles. The lowest BCUT2D eigenvalue weighted by molar-refractivity contribution is 0.0696. The molecule has 0 fully saturated rings. The van der Waals surface area contributed by atoms with Gasteiger partial charge in [-0.3, -0.25) is 0 Å². The molecular weight excluding hydrogens is 168 g/mol. The van der Waals surface area contributed by atoms with Crippen LogP contribution in [0.4, 0.5) is 0 Å².